The minimum atomic E-state index is -3.73. The summed E-state index contributed by atoms with van der Waals surface area (Å²) in [7, 11) is 0. The number of aliphatic hydroxyl groups is 6. The Bertz CT molecular complexity index is 783. The molecule has 11 nitrogen and oxygen atoms in total. The molecule has 0 aromatic rings. The summed E-state index contributed by atoms with van der Waals surface area (Å²) in [4.78, 5) is 25.7. The molecule has 35 heavy (non-hydrogen) atoms. The molecule has 0 radical (unpaired) electrons. The zero-order chi connectivity index (χ0) is 26.3. The lowest BCUT2D eigenvalue weighted by molar-refractivity contribution is -0.259. The number of fused-ring (bicyclic) bond motifs is 1. The van der Waals surface area contributed by atoms with Crippen molar-refractivity contribution in [1.82, 2.24) is 0 Å². The van der Waals surface area contributed by atoms with Gasteiger partial charge in [-0.25, -0.2) is 9.59 Å². The average Bonchev–Trinajstić information content (AvgIpc) is 3.43. The summed E-state index contributed by atoms with van der Waals surface area (Å²) in [5.74, 6) is -13.2. The molecule has 2 aliphatic rings. The van der Waals surface area contributed by atoms with E-state index in [1.54, 1.807) is 0 Å². The maximum absolute atomic E-state index is 12.9. The first kappa shape index (κ1) is 29.3. The lowest BCUT2D eigenvalue weighted by Crippen LogP contribution is -2.76. The molecule has 1 saturated heterocycles. The quantitative estimate of drug-likeness (QED) is 0.102. The molecule has 11 heteroatoms. The van der Waals surface area contributed by atoms with E-state index in [2.05, 4.69) is 18.6 Å². The molecule has 2 rings (SSSR count). The number of hydrogen-bond donors (Lipinski definition) is 6. The van der Waals surface area contributed by atoms with Crippen molar-refractivity contribution >= 4 is 11.9 Å². The minimum Gasteiger partial charge on any atom is -0.505 e. The second kappa shape index (κ2) is 11.9. The van der Waals surface area contributed by atoms with Gasteiger partial charge < -0.3 is 40.1 Å². The third-order valence-corrected chi connectivity index (χ3v) is 6.67. The van der Waals surface area contributed by atoms with Crippen molar-refractivity contribution < 1.29 is 54.4 Å². The second-order valence-electron chi connectivity index (χ2n) is 9.32. The van der Waals surface area contributed by atoms with E-state index >= 15 is 0 Å². The van der Waals surface area contributed by atoms with Crippen LogP contribution in [0.4, 0.5) is 0 Å². The smallest absolute Gasteiger partial charge is 0.350 e. The monoisotopic (exact) mass is 504 g/mol. The Hall–Kier alpha value is -1.92. The number of carbonyl (C=O) groups excluding carboxylic acids is 2. The molecule has 202 valence electrons. The Kier molecular flexibility index (Phi) is 9.95. The van der Waals surface area contributed by atoms with E-state index in [0.717, 1.165) is 51.4 Å². The van der Waals surface area contributed by atoms with Crippen molar-refractivity contribution in [3.63, 3.8) is 0 Å². The molecule has 0 bridgehead atoms. The van der Waals surface area contributed by atoms with Crippen molar-refractivity contribution in [3.8, 4) is 0 Å². The standard InChI is InChI=1S/C24H40O11/c1-3-5-7-9-11-13-15-33-19(27)21(29)17(25)18(26)23(31)24(32,35-23)22(21,30)20(28)34-16-14-12-10-8-6-4-2/h25-26,29-32H,3-16H2,1-2H3. The van der Waals surface area contributed by atoms with Crippen LogP contribution in [-0.2, 0) is 23.8 Å². The van der Waals surface area contributed by atoms with Gasteiger partial charge in [-0.15, -0.1) is 0 Å². The van der Waals surface area contributed by atoms with E-state index in [9.17, 15) is 40.2 Å². The average molecular weight is 505 g/mol. The fraction of sp³-hybridized carbons (Fsp3) is 0.833. The molecule has 0 amide bonds. The van der Waals surface area contributed by atoms with Crippen LogP contribution in [0.2, 0.25) is 0 Å². The topological polar surface area (TPSA) is 187 Å². The number of aliphatic hydroxyl groups excluding tert-OH is 2. The summed E-state index contributed by atoms with van der Waals surface area (Å²) in [6, 6.07) is 0. The van der Waals surface area contributed by atoms with Crippen LogP contribution in [0.5, 0.6) is 0 Å². The Morgan fingerprint density at radius 1 is 0.686 bits per heavy atom. The van der Waals surface area contributed by atoms with E-state index in [0.29, 0.717) is 25.7 Å². The maximum Gasteiger partial charge on any atom is 0.350 e. The van der Waals surface area contributed by atoms with Gasteiger partial charge in [0, 0.05) is 0 Å². The van der Waals surface area contributed by atoms with Gasteiger partial charge >= 0.3 is 11.9 Å². The van der Waals surface area contributed by atoms with Crippen LogP contribution in [0.15, 0.2) is 11.5 Å². The molecule has 4 atom stereocenters. The van der Waals surface area contributed by atoms with Crippen molar-refractivity contribution in [2.45, 2.75) is 114 Å². The highest BCUT2D eigenvalue weighted by Crippen LogP contribution is 2.63. The molecule has 0 aromatic carbocycles. The van der Waals surface area contributed by atoms with Gasteiger partial charge in [0.15, 0.2) is 5.76 Å². The van der Waals surface area contributed by atoms with Crippen molar-refractivity contribution in [1.29, 1.82) is 0 Å². The van der Waals surface area contributed by atoms with Crippen LogP contribution in [-0.4, -0.2) is 78.6 Å². The molecule has 1 aliphatic carbocycles. The third-order valence-electron chi connectivity index (χ3n) is 6.67. The normalized spacial score (nSPS) is 31.7. The summed E-state index contributed by atoms with van der Waals surface area (Å²) in [5.41, 5.74) is -7.43. The highest BCUT2D eigenvalue weighted by Gasteiger charge is 2.95. The molecule has 1 aliphatic heterocycles. The van der Waals surface area contributed by atoms with Gasteiger partial charge in [0.25, 0.3) is 22.8 Å². The fourth-order valence-corrected chi connectivity index (χ4v) is 4.30. The Morgan fingerprint density at radius 3 is 1.60 bits per heavy atom. The van der Waals surface area contributed by atoms with E-state index in [1.165, 1.54) is 0 Å². The molecule has 1 fully saturated rings. The van der Waals surface area contributed by atoms with E-state index in [-0.39, 0.29) is 13.2 Å². The summed E-state index contributed by atoms with van der Waals surface area (Å²) in [5, 5.41) is 63.6. The minimum absolute atomic E-state index is 0.228. The Labute approximate surface area is 205 Å². The van der Waals surface area contributed by atoms with Gasteiger partial charge in [-0.2, -0.15) is 0 Å². The number of unbranched alkanes of at least 4 members (excludes halogenated alkanes) is 10. The van der Waals surface area contributed by atoms with Gasteiger partial charge in [-0.3, -0.25) is 4.74 Å². The summed E-state index contributed by atoms with van der Waals surface area (Å²) < 4.78 is 14.6. The predicted molar refractivity (Wildman–Crippen MR) is 122 cm³/mol. The van der Waals surface area contributed by atoms with E-state index in [4.69, 9.17) is 9.47 Å². The number of rotatable bonds is 16. The van der Waals surface area contributed by atoms with Crippen LogP contribution >= 0.6 is 0 Å². The third kappa shape index (κ3) is 5.15. The Morgan fingerprint density at radius 2 is 1.11 bits per heavy atom. The molecule has 0 spiro atoms. The number of hydrogen-bond acceptors (Lipinski definition) is 11. The molecule has 0 saturated carbocycles. The highest BCUT2D eigenvalue weighted by molar-refractivity contribution is 5.97. The highest BCUT2D eigenvalue weighted by atomic mass is 16.9. The number of carbonyl (C=O) groups is 2. The van der Waals surface area contributed by atoms with E-state index in [1.807, 2.05) is 0 Å². The first-order valence-electron chi connectivity index (χ1n) is 12.6. The molecule has 6 N–H and O–H groups in total. The summed E-state index contributed by atoms with van der Waals surface area (Å²) in [6.45, 7) is 3.68. The fourth-order valence-electron chi connectivity index (χ4n) is 4.30. The van der Waals surface area contributed by atoms with Crippen molar-refractivity contribution in [2.75, 3.05) is 13.2 Å². The largest absolute Gasteiger partial charge is 0.505 e. The first-order chi connectivity index (χ1) is 16.5. The molecule has 0 aromatic heterocycles. The van der Waals surface area contributed by atoms with Crippen LogP contribution < -0.4 is 0 Å². The van der Waals surface area contributed by atoms with Crippen molar-refractivity contribution in [3.05, 3.63) is 11.5 Å². The lowest BCUT2D eigenvalue weighted by Gasteiger charge is -2.42. The van der Waals surface area contributed by atoms with Gasteiger partial charge in [0.05, 0.1) is 13.2 Å². The number of ether oxygens (including phenoxy) is 3. The van der Waals surface area contributed by atoms with Gasteiger partial charge in [-0.1, -0.05) is 78.1 Å². The van der Waals surface area contributed by atoms with E-state index < -0.39 is 46.2 Å². The molecule has 1 heterocycles. The summed E-state index contributed by atoms with van der Waals surface area (Å²) >= 11 is 0. The first-order valence-corrected chi connectivity index (χ1v) is 12.6. The van der Waals surface area contributed by atoms with Crippen LogP contribution in [0.1, 0.15) is 90.9 Å². The van der Waals surface area contributed by atoms with Gasteiger partial charge in [0.1, 0.15) is 0 Å². The molecular formula is C24H40O11. The molecular weight excluding hydrogens is 464 g/mol. The number of esters is 2. The van der Waals surface area contributed by atoms with Crippen LogP contribution in [0.25, 0.3) is 0 Å². The molecule has 4 unspecified atom stereocenters. The second-order valence-corrected chi connectivity index (χ2v) is 9.32. The maximum atomic E-state index is 12.9. The summed E-state index contributed by atoms with van der Waals surface area (Å²) in [6.07, 6.45) is 10.2. The predicted octanol–water partition coefficient (Wildman–Crippen LogP) is 2.00. The van der Waals surface area contributed by atoms with Crippen LogP contribution in [0.3, 0.4) is 0 Å². The van der Waals surface area contributed by atoms with Crippen LogP contribution in [0, 0.1) is 0 Å². The van der Waals surface area contributed by atoms with Gasteiger partial charge in [-0.05, 0) is 12.8 Å². The Balaban J connectivity index is 2.14. The lowest BCUT2D eigenvalue weighted by atomic mass is 9.70. The zero-order valence-corrected chi connectivity index (χ0v) is 20.6. The van der Waals surface area contributed by atoms with Crippen molar-refractivity contribution in [2.24, 2.45) is 0 Å². The number of epoxide rings is 1. The SMILES string of the molecule is CCCCCCCCOC(=O)C1(O)C(O)=C(O)C2(O)OC2(O)C1(O)C(=O)OCCCCCCCC. The zero-order valence-electron chi connectivity index (χ0n) is 20.6. The van der Waals surface area contributed by atoms with Gasteiger partial charge in [0.2, 0.25) is 5.76 Å².